The van der Waals surface area contributed by atoms with Gasteiger partial charge in [0.2, 0.25) is 11.5 Å². The molecule has 6 aromatic rings. The summed E-state index contributed by atoms with van der Waals surface area (Å²) in [6.07, 6.45) is 1.94. The lowest BCUT2D eigenvalue weighted by Crippen LogP contribution is -2.24. The fraction of sp³-hybridized carbons (Fsp3) is 0.0645. The zero-order chi connectivity index (χ0) is 26.2. The molecule has 38 heavy (non-hydrogen) atoms. The number of benzene rings is 4. The van der Waals surface area contributed by atoms with Gasteiger partial charge in [-0.05, 0) is 65.7 Å². The number of carbonyl (C=O) groups is 1. The highest BCUT2D eigenvalue weighted by molar-refractivity contribution is 5.94. The van der Waals surface area contributed by atoms with E-state index in [0.717, 1.165) is 44.3 Å². The summed E-state index contributed by atoms with van der Waals surface area (Å²) in [6.45, 7) is 2.03. The largest absolute Gasteiger partial charge is 0.361 e. The Morgan fingerprint density at radius 1 is 0.974 bits per heavy atom. The molecule has 2 aromatic heterocycles. The average molecular weight is 497 g/mol. The van der Waals surface area contributed by atoms with Crippen LogP contribution in [0.1, 0.15) is 18.1 Å². The number of aromatic amines is 1. The number of anilines is 1. The van der Waals surface area contributed by atoms with Crippen LogP contribution in [0.4, 0.5) is 5.69 Å². The summed E-state index contributed by atoms with van der Waals surface area (Å²) in [5.41, 5.74) is 8.16. The molecule has 4 aromatic carbocycles. The van der Waals surface area contributed by atoms with Crippen molar-refractivity contribution in [2.45, 2.75) is 13.5 Å². The number of nitriles is 1. The van der Waals surface area contributed by atoms with Gasteiger partial charge in [-0.25, -0.2) is 0 Å². The zero-order valence-electron chi connectivity index (χ0n) is 20.7. The van der Waals surface area contributed by atoms with Crippen molar-refractivity contribution in [3.63, 3.8) is 0 Å². The van der Waals surface area contributed by atoms with Crippen molar-refractivity contribution in [2.24, 2.45) is 0 Å². The van der Waals surface area contributed by atoms with Gasteiger partial charge >= 0.3 is 0 Å². The molecule has 0 aliphatic heterocycles. The van der Waals surface area contributed by atoms with Gasteiger partial charge in [0.05, 0.1) is 29.2 Å². The first-order chi connectivity index (χ1) is 18.5. The number of rotatable bonds is 5. The molecule has 7 nitrogen and oxygen atoms in total. The van der Waals surface area contributed by atoms with Gasteiger partial charge in [-0.2, -0.15) is 5.26 Å². The molecular weight excluding hydrogens is 472 g/mol. The molecule has 2 heterocycles. The Balaban J connectivity index is 1.45. The highest BCUT2D eigenvalue weighted by Gasteiger charge is 2.15. The maximum Gasteiger partial charge on any atom is 0.221 e. The molecule has 7 heteroatoms. The molecule has 0 bridgehead atoms. The van der Waals surface area contributed by atoms with Crippen molar-refractivity contribution in [2.75, 3.05) is 5.32 Å². The van der Waals surface area contributed by atoms with Crippen LogP contribution in [0.5, 0.6) is 0 Å². The Morgan fingerprint density at radius 3 is 2.53 bits per heavy atom. The standard InChI is InChI=1S/C31H24N6O/c1-20(38)35-28-14-9-21(18-32)17-26(28)22-10-12-24(13-11-22)37-30-8-3-2-7-29(30)36(31(37)33)19-23-5-4-6-27-25(23)15-16-34-27/h2-17,33-34H,19H2,1H3,(H,35,38). The summed E-state index contributed by atoms with van der Waals surface area (Å²) < 4.78 is 3.97. The summed E-state index contributed by atoms with van der Waals surface area (Å²) in [7, 11) is 0. The summed E-state index contributed by atoms with van der Waals surface area (Å²) >= 11 is 0. The number of nitrogens with zero attached hydrogens (tertiary/aromatic N) is 3. The number of hydrogen-bond donors (Lipinski definition) is 3. The highest BCUT2D eigenvalue weighted by Crippen LogP contribution is 2.30. The molecule has 184 valence electrons. The van der Waals surface area contributed by atoms with E-state index in [1.807, 2.05) is 69.9 Å². The third kappa shape index (κ3) is 3.94. The second kappa shape index (κ2) is 9.26. The maximum atomic E-state index is 11.7. The normalized spacial score (nSPS) is 11.1. The molecule has 6 rings (SSSR count). The van der Waals surface area contributed by atoms with Crippen LogP contribution < -0.4 is 10.9 Å². The summed E-state index contributed by atoms with van der Waals surface area (Å²) in [5.74, 6) is -0.176. The lowest BCUT2D eigenvalue weighted by molar-refractivity contribution is -0.114. The molecule has 0 radical (unpaired) electrons. The first-order valence-corrected chi connectivity index (χ1v) is 12.3. The highest BCUT2D eigenvalue weighted by atomic mass is 16.1. The zero-order valence-corrected chi connectivity index (χ0v) is 20.7. The van der Waals surface area contributed by atoms with E-state index in [4.69, 9.17) is 5.41 Å². The smallest absolute Gasteiger partial charge is 0.221 e. The second-order valence-electron chi connectivity index (χ2n) is 9.19. The van der Waals surface area contributed by atoms with Crippen LogP contribution in [0.25, 0.3) is 38.8 Å². The lowest BCUT2D eigenvalue weighted by Gasteiger charge is -2.12. The van der Waals surface area contributed by atoms with Crippen LogP contribution in [0.15, 0.2) is 97.2 Å². The summed E-state index contributed by atoms with van der Waals surface area (Å²) in [6, 6.07) is 31.5. The van der Waals surface area contributed by atoms with E-state index in [9.17, 15) is 10.1 Å². The number of H-pyrrole nitrogens is 1. The van der Waals surface area contributed by atoms with Gasteiger partial charge in [0.25, 0.3) is 0 Å². The Morgan fingerprint density at radius 2 is 1.76 bits per heavy atom. The van der Waals surface area contributed by atoms with Gasteiger partial charge < -0.3 is 14.9 Å². The molecule has 3 N–H and O–H groups in total. The van der Waals surface area contributed by atoms with Crippen molar-refractivity contribution >= 4 is 33.5 Å². The molecular formula is C31H24N6O. The van der Waals surface area contributed by atoms with Crippen LogP contribution in [0, 0.1) is 16.7 Å². The van der Waals surface area contributed by atoms with Crippen LogP contribution in [0.2, 0.25) is 0 Å². The number of fused-ring (bicyclic) bond motifs is 2. The molecule has 1 amide bonds. The van der Waals surface area contributed by atoms with Crippen molar-refractivity contribution in [3.8, 4) is 22.9 Å². The summed E-state index contributed by atoms with van der Waals surface area (Å²) in [4.78, 5) is 15.0. The summed E-state index contributed by atoms with van der Waals surface area (Å²) in [5, 5.41) is 22.5. The Bertz CT molecular complexity index is 1930. The minimum Gasteiger partial charge on any atom is -0.361 e. The number of carbonyl (C=O) groups excluding carboxylic acids is 1. The minimum absolute atomic E-state index is 0.176. The first-order valence-electron chi connectivity index (χ1n) is 12.3. The number of imidazole rings is 1. The van der Waals surface area contributed by atoms with E-state index in [0.29, 0.717) is 23.4 Å². The predicted molar refractivity (Wildman–Crippen MR) is 149 cm³/mol. The van der Waals surface area contributed by atoms with E-state index in [1.54, 1.807) is 18.2 Å². The predicted octanol–water partition coefficient (Wildman–Crippen LogP) is 5.94. The van der Waals surface area contributed by atoms with Gasteiger partial charge in [-0.3, -0.25) is 14.8 Å². The Kier molecular flexibility index (Phi) is 5.63. The number of para-hydroxylation sites is 2. The fourth-order valence-electron chi connectivity index (χ4n) is 5.05. The van der Waals surface area contributed by atoms with Gasteiger partial charge in [0, 0.05) is 41.0 Å². The number of hydrogen-bond acceptors (Lipinski definition) is 3. The van der Waals surface area contributed by atoms with E-state index >= 15 is 0 Å². The first kappa shape index (κ1) is 23.1. The third-order valence-electron chi connectivity index (χ3n) is 6.79. The minimum atomic E-state index is -0.176. The molecule has 0 spiro atoms. The SMILES string of the molecule is CC(=O)Nc1ccc(C#N)cc1-c1ccc(-n2c(=N)n(Cc3cccc4[nH]ccc34)c3ccccc32)cc1. The van der Waals surface area contributed by atoms with E-state index in [2.05, 4.69) is 34.6 Å². The van der Waals surface area contributed by atoms with E-state index < -0.39 is 0 Å². The van der Waals surface area contributed by atoms with Gasteiger partial charge in [-0.1, -0.05) is 36.4 Å². The monoisotopic (exact) mass is 496 g/mol. The van der Waals surface area contributed by atoms with Crippen molar-refractivity contribution in [1.82, 2.24) is 14.1 Å². The quantitative estimate of drug-likeness (QED) is 0.275. The molecule has 0 aliphatic rings. The van der Waals surface area contributed by atoms with Crippen molar-refractivity contribution in [1.29, 1.82) is 10.7 Å². The van der Waals surface area contributed by atoms with Crippen LogP contribution in [-0.4, -0.2) is 20.0 Å². The molecule has 0 saturated heterocycles. The fourth-order valence-corrected chi connectivity index (χ4v) is 5.05. The Hall–Kier alpha value is -5.35. The Labute approximate surface area is 218 Å². The maximum absolute atomic E-state index is 11.7. The van der Waals surface area contributed by atoms with E-state index in [1.165, 1.54) is 6.92 Å². The molecule has 0 atom stereocenters. The van der Waals surface area contributed by atoms with Gasteiger partial charge in [0.15, 0.2) is 0 Å². The van der Waals surface area contributed by atoms with Crippen molar-refractivity contribution in [3.05, 3.63) is 114 Å². The number of amides is 1. The van der Waals surface area contributed by atoms with Gasteiger partial charge in [-0.15, -0.1) is 0 Å². The molecule has 0 fully saturated rings. The van der Waals surface area contributed by atoms with Crippen LogP contribution in [0.3, 0.4) is 0 Å². The van der Waals surface area contributed by atoms with E-state index in [-0.39, 0.29) is 5.91 Å². The average Bonchev–Trinajstić information content (AvgIpc) is 3.52. The topological polar surface area (TPSA) is 102 Å². The molecule has 0 aliphatic carbocycles. The third-order valence-corrected chi connectivity index (χ3v) is 6.79. The van der Waals surface area contributed by atoms with Gasteiger partial charge in [0.1, 0.15) is 0 Å². The molecule has 0 unspecified atom stereocenters. The number of aromatic nitrogens is 3. The second-order valence-corrected chi connectivity index (χ2v) is 9.19. The van der Waals surface area contributed by atoms with Crippen LogP contribution in [-0.2, 0) is 11.3 Å². The number of nitrogens with one attached hydrogen (secondary N) is 3. The van der Waals surface area contributed by atoms with Crippen molar-refractivity contribution < 1.29 is 4.79 Å². The van der Waals surface area contributed by atoms with Crippen LogP contribution >= 0.6 is 0 Å². The lowest BCUT2D eigenvalue weighted by atomic mass is 10.0. The molecule has 0 saturated carbocycles.